The maximum absolute atomic E-state index is 13.6. The van der Waals surface area contributed by atoms with E-state index in [1.165, 1.54) is 23.5 Å². The van der Waals surface area contributed by atoms with Gasteiger partial charge >= 0.3 is 0 Å². The molecule has 6 nitrogen and oxygen atoms in total. The first-order valence-electron chi connectivity index (χ1n) is 10.2. The molecule has 1 N–H and O–H groups in total. The van der Waals surface area contributed by atoms with E-state index in [4.69, 9.17) is 11.6 Å². The lowest BCUT2D eigenvalue weighted by atomic mass is 9.90. The number of likely N-dealkylation sites (tertiary alicyclic amines) is 1. The molecule has 2 atom stereocenters. The lowest BCUT2D eigenvalue weighted by Crippen LogP contribution is -2.51. The predicted octanol–water partition coefficient (Wildman–Crippen LogP) is 5.05. The second-order valence-corrected chi connectivity index (χ2v) is 9.24. The van der Waals surface area contributed by atoms with Crippen molar-refractivity contribution in [3.63, 3.8) is 0 Å². The van der Waals surface area contributed by atoms with Crippen LogP contribution in [0.25, 0.3) is 11.3 Å². The predicted molar refractivity (Wildman–Crippen MR) is 121 cm³/mol. The molecule has 1 fully saturated rings. The molecule has 1 amide bonds. The average molecular weight is 460 g/mol. The number of aromatic nitrogens is 3. The van der Waals surface area contributed by atoms with E-state index in [0.29, 0.717) is 35.4 Å². The van der Waals surface area contributed by atoms with Gasteiger partial charge in [-0.15, -0.1) is 11.3 Å². The summed E-state index contributed by atoms with van der Waals surface area (Å²) in [5.74, 6) is 0.602. The summed E-state index contributed by atoms with van der Waals surface area (Å²) in [6.07, 6.45) is 3.60. The summed E-state index contributed by atoms with van der Waals surface area (Å²) in [5, 5.41) is 4.28. The van der Waals surface area contributed by atoms with Gasteiger partial charge in [-0.1, -0.05) is 6.92 Å². The lowest BCUT2D eigenvalue weighted by Gasteiger charge is -2.40. The van der Waals surface area contributed by atoms with Crippen molar-refractivity contribution >= 4 is 34.7 Å². The van der Waals surface area contributed by atoms with Crippen LogP contribution >= 0.6 is 22.9 Å². The number of aryl methyl sites for hydroxylation is 1. The first-order chi connectivity index (χ1) is 14.9. The number of nitrogens with zero attached hydrogens (tertiary/aromatic N) is 4. The van der Waals surface area contributed by atoms with Gasteiger partial charge in [0.15, 0.2) is 0 Å². The third-order valence-corrected chi connectivity index (χ3v) is 6.68. The molecule has 0 saturated carbocycles. The zero-order valence-electron chi connectivity index (χ0n) is 17.3. The molecule has 0 spiro atoms. The molecule has 3 heterocycles. The largest absolute Gasteiger partial charge is 0.368 e. The summed E-state index contributed by atoms with van der Waals surface area (Å²) in [4.78, 5) is 28.8. The highest BCUT2D eigenvalue weighted by molar-refractivity contribution is 7.14. The Hall–Kier alpha value is -2.58. The van der Waals surface area contributed by atoms with Crippen molar-refractivity contribution in [3.05, 3.63) is 57.5 Å². The molecule has 2 unspecified atom stereocenters. The number of nitrogens with one attached hydrogen (secondary N) is 1. The Labute approximate surface area is 189 Å². The first-order valence-corrected chi connectivity index (χ1v) is 11.4. The fraction of sp³-hybridized carbons (Fsp3) is 0.364. The summed E-state index contributed by atoms with van der Waals surface area (Å²) >= 11 is 7.27. The zero-order chi connectivity index (χ0) is 22.0. The number of carbonyl (C=O) groups is 1. The van der Waals surface area contributed by atoms with Crippen molar-refractivity contribution in [2.75, 3.05) is 18.4 Å². The number of benzene rings is 1. The molecule has 0 bridgehead atoms. The molecule has 9 heteroatoms. The summed E-state index contributed by atoms with van der Waals surface area (Å²) in [6, 6.07) is 7.86. The smallest absolute Gasteiger partial charge is 0.266 e. The van der Waals surface area contributed by atoms with Crippen molar-refractivity contribution in [1.29, 1.82) is 0 Å². The van der Waals surface area contributed by atoms with Gasteiger partial charge in [0.2, 0.25) is 5.28 Å². The van der Waals surface area contributed by atoms with Crippen LogP contribution in [-0.4, -0.2) is 44.9 Å². The van der Waals surface area contributed by atoms with Crippen LogP contribution in [0.1, 0.15) is 34.4 Å². The second kappa shape index (κ2) is 9.28. The maximum Gasteiger partial charge on any atom is 0.266 e. The monoisotopic (exact) mass is 459 g/mol. The van der Waals surface area contributed by atoms with Gasteiger partial charge in [0.25, 0.3) is 5.91 Å². The molecule has 0 radical (unpaired) electrons. The van der Waals surface area contributed by atoms with Crippen molar-refractivity contribution in [2.24, 2.45) is 5.92 Å². The molecule has 1 saturated heterocycles. The Bertz CT molecular complexity index is 1070. The third kappa shape index (κ3) is 4.85. The molecule has 1 aliphatic rings. The Kier molecular flexibility index (Phi) is 6.48. The minimum absolute atomic E-state index is 0.00142. The molecule has 1 aliphatic heterocycles. The number of anilines is 1. The van der Waals surface area contributed by atoms with Gasteiger partial charge in [-0.05, 0) is 67.6 Å². The van der Waals surface area contributed by atoms with E-state index in [0.717, 1.165) is 23.4 Å². The van der Waals surface area contributed by atoms with Crippen LogP contribution in [0, 0.1) is 18.7 Å². The van der Waals surface area contributed by atoms with E-state index in [1.807, 2.05) is 11.8 Å². The number of halogens is 2. The standard InChI is InChI=1S/C22H23ClFN5OS/c1-13-4-3-11-29(17(13)12-26-18-9-10-25-22(23)28-18)21(30)20-19(27-14(2)31-20)15-5-7-16(24)8-6-15/h5-10,13,17H,3-4,11-12H2,1-2H3,(H,25,26,28). The molecule has 2 aromatic heterocycles. The van der Waals surface area contributed by atoms with Gasteiger partial charge in [-0.3, -0.25) is 4.79 Å². The van der Waals surface area contributed by atoms with Crippen LogP contribution in [-0.2, 0) is 0 Å². The molecule has 4 rings (SSSR count). The number of hydrogen-bond acceptors (Lipinski definition) is 6. The van der Waals surface area contributed by atoms with Crippen LogP contribution in [0.15, 0.2) is 36.5 Å². The van der Waals surface area contributed by atoms with Gasteiger partial charge in [0.1, 0.15) is 16.5 Å². The topological polar surface area (TPSA) is 71.0 Å². The molecular weight excluding hydrogens is 437 g/mol. The Balaban J connectivity index is 1.59. The normalized spacial score (nSPS) is 18.8. The highest BCUT2D eigenvalue weighted by atomic mass is 35.5. The zero-order valence-corrected chi connectivity index (χ0v) is 18.9. The maximum atomic E-state index is 13.6. The highest BCUT2D eigenvalue weighted by Gasteiger charge is 2.34. The van der Waals surface area contributed by atoms with Gasteiger partial charge in [0, 0.05) is 24.8 Å². The second-order valence-electron chi connectivity index (χ2n) is 7.69. The molecule has 1 aromatic carbocycles. The van der Waals surface area contributed by atoms with Crippen LogP contribution in [0.5, 0.6) is 0 Å². The number of hydrogen-bond donors (Lipinski definition) is 1. The minimum atomic E-state index is -0.315. The van der Waals surface area contributed by atoms with Crippen LogP contribution in [0.3, 0.4) is 0 Å². The number of amides is 1. The molecule has 3 aromatic rings. The lowest BCUT2D eigenvalue weighted by molar-refractivity contribution is 0.0545. The van der Waals surface area contributed by atoms with Crippen molar-refractivity contribution < 1.29 is 9.18 Å². The van der Waals surface area contributed by atoms with Crippen molar-refractivity contribution in [3.8, 4) is 11.3 Å². The van der Waals surface area contributed by atoms with Gasteiger partial charge < -0.3 is 10.2 Å². The van der Waals surface area contributed by atoms with Crippen LogP contribution in [0.2, 0.25) is 5.28 Å². The van der Waals surface area contributed by atoms with E-state index in [9.17, 15) is 9.18 Å². The quantitative estimate of drug-likeness (QED) is 0.540. The van der Waals surface area contributed by atoms with E-state index >= 15 is 0 Å². The Morgan fingerprint density at radius 3 is 2.81 bits per heavy atom. The number of thiazole rings is 1. The SMILES string of the molecule is Cc1nc(-c2ccc(F)cc2)c(C(=O)N2CCCC(C)C2CNc2ccnc(Cl)n2)s1. The fourth-order valence-corrected chi connectivity index (χ4v) is 5.01. The van der Waals surface area contributed by atoms with Gasteiger partial charge in [0.05, 0.1) is 16.7 Å². The summed E-state index contributed by atoms with van der Waals surface area (Å²) < 4.78 is 13.4. The average Bonchev–Trinajstić information content (AvgIpc) is 3.14. The van der Waals surface area contributed by atoms with Crippen LogP contribution in [0.4, 0.5) is 10.2 Å². The summed E-state index contributed by atoms with van der Waals surface area (Å²) in [7, 11) is 0. The minimum Gasteiger partial charge on any atom is -0.368 e. The molecule has 31 heavy (non-hydrogen) atoms. The third-order valence-electron chi connectivity index (χ3n) is 5.54. The Morgan fingerprint density at radius 2 is 2.06 bits per heavy atom. The first kappa shape index (κ1) is 21.6. The number of rotatable bonds is 5. The molecule has 162 valence electrons. The van der Waals surface area contributed by atoms with Crippen LogP contribution < -0.4 is 5.32 Å². The highest BCUT2D eigenvalue weighted by Crippen LogP contribution is 2.32. The molecule has 0 aliphatic carbocycles. The summed E-state index contributed by atoms with van der Waals surface area (Å²) in [5.41, 5.74) is 1.35. The van der Waals surface area contributed by atoms with Crippen molar-refractivity contribution in [2.45, 2.75) is 32.7 Å². The number of carbonyl (C=O) groups excluding carboxylic acids is 1. The van der Waals surface area contributed by atoms with Crippen molar-refractivity contribution in [1.82, 2.24) is 19.9 Å². The van der Waals surface area contributed by atoms with E-state index < -0.39 is 0 Å². The summed E-state index contributed by atoms with van der Waals surface area (Å²) in [6.45, 7) is 5.28. The number of piperidine rings is 1. The van der Waals surface area contributed by atoms with Gasteiger partial charge in [-0.25, -0.2) is 19.3 Å². The Morgan fingerprint density at radius 1 is 1.29 bits per heavy atom. The van der Waals surface area contributed by atoms with E-state index in [1.54, 1.807) is 24.4 Å². The van der Waals surface area contributed by atoms with E-state index in [-0.39, 0.29) is 23.0 Å². The fourth-order valence-electron chi connectivity index (χ4n) is 3.96. The van der Waals surface area contributed by atoms with E-state index in [2.05, 4.69) is 27.2 Å². The van der Waals surface area contributed by atoms with Gasteiger partial charge in [-0.2, -0.15) is 0 Å². The molecular formula is C22H23ClFN5OS.